The lowest BCUT2D eigenvalue weighted by molar-refractivity contribution is -0.116. The second kappa shape index (κ2) is 6.51. The van der Waals surface area contributed by atoms with Crippen LogP contribution in [0.25, 0.3) is 0 Å². The van der Waals surface area contributed by atoms with E-state index in [1.165, 1.54) is 19.8 Å². The Morgan fingerprint density at radius 2 is 2.15 bits per heavy atom. The first-order chi connectivity index (χ1) is 9.70. The van der Waals surface area contributed by atoms with E-state index in [0.29, 0.717) is 23.4 Å². The van der Waals surface area contributed by atoms with Crippen molar-refractivity contribution in [2.24, 2.45) is 0 Å². The number of rotatable bonds is 5. The van der Waals surface area contributed by atoms with Crippen molar-refractivity contribution < 1.29 is 18.7 Å². The van der Waals surface area contributed by atoms with Gasteiger partial charge in [-0.15, -0.1) is 0 Å². The fourth-order valence-electron chi connectivity index (χ4n) is 1.70. The third-order valence-electron chi connectivity index (χ3n) is 2.70. The summed E-state index contributed by atoms with van der Waals surface area (Å²) in [6, 6.07) is 6.69. The van der Waals surface area contributed by atoms with Crippen LogP contribution in [0, 0.1) is 0 Å². The number of nitrogens with one attached hydrogen (secondary N) is 1. The van der Waals surface area contributed by atoms with Gasteiger partial charge in [-0.25, -0.2) is 9.78 Å². The highest BCUT2D eigenvalue weighted by Crippen LogP contribution is 2.16. The van der Waals surface area contributed by atoms with Gasteiger partial charge in [-0.2, -0.15) is 0 Å². The summed E-state index contributed by atoms with van der Waals surface area (Å²) in [5.41, 5.74) is 1.47. The maximum atomic E-state index is 11.8. The Labute approximate surface area is 115 Å². The minimum absolute atomic E-state index is 0.204. The highest BCUT2D eigenvalue weighted by atomic mass is 16.5. The van der Waals surface area contributed by atoms with Crippen molar-refractivity contribution in [3.05, 3.63) is 48.2 Å². The van der Waals surface area contributed by atoms with Gasteiger partial charge in [-0.1, -0.05) is 12.1 Å². The topological polar surface area (TPSA) is 81.4 Å². The van der Waals surface area contributed by atoms with Gasteiger partial charge in [0.15, 0.2) is 6.39 Å². The summed E-state index contributed by atoms with van der Waals surface area (Å²) < 4.78 is 9.49. The average Bonchev–Trinajstić information content (AvgIpc) is 2.98. The van der Waals surface area contributed by atoms with Crippen LogP contribution in [0.5, 0.6) is 0 Å². The van der Waals surface area contributed by atoms with Gasteiger partial charge < -0.3 is 14.5 Å². The molecule has 1 aromatic carbocycles. The Morgan fingerprint density at radius 1 is 1.35 bits per heavy atom. The van der Waals surface area contributed by atoms with E-state index in [9.17, 15) is 9.59 Å². The van der Waals surface area contributed by atoms with E-state index >= 15 is 0 Å². The van der Waals surface area contributed by atoms with Crippen LogP contribution in [0.3, 0.4) is 0 Å². The number of benzene rings is 1. The van der Waals surface area contributed by atoms with Crippen LogP contribution >= 0.6 is 0 Å². The third-order valence-corrected chi connectivity index (χ3v) is 2.70. The molecule has 20 heavy (non-hydrogen) atoms. The number of esters is 1. The van der Waals surface area contributed by atoms with Crippen LogP contribution in [0.1, 0.15) is 22.5 Å². The molecule has 1 amide bonds. The van der Waals surface area contributed by atoms with Crippen LogP contribution in [-0.4, -0.2) is 24.0 Å². The SMILES string of the molecule is COC(=O)c1ccccc1NC(=O)CCc1cocn1. The van der Waals surface area contributed by atoms with Crippen molar-refractivity contribution in [1.82, 2.24) is 4.98 Å². The van der Waals surface area contributed by atoms with Crippen LogP contribution in [-0.2, 0) is 16.0 Å². The normalized spacial score (nSPS) is 10.1. The quantitative estimate of drug-likeness (QED) is 0.844. The zero-order valence-corrected chi connectivity index (χ0v) is 11.0. The van der Waals surface area contributed by atoms with E-state index in [4.69, 9.17) is 4.42 Å². The number of methoxy groups -OCH3 is 1. The second-order valence-electron chi connectivity index (χ2n) is 4.07. The van der Waals surface area contributed by atoms with Crippen molar-refractivity contribution in [2.45, 2.75) is 12.8 Å². The molecule has 1 N–H and O–H groups in total. The monoisotopic (exact) mass is 274 g/mol. The number of para-hydroxylation sites is 1. The predicted molar refractivity (Wildman–Crippen MR) is 71.2 cm³/mol. The second-order valence-corrected chi connectivity index (χ2v) is 4.07. The van der Waals surface area contributed by atoms with E-state index in [-0.39, 0.29) is 12.3 Å². The number of hydrogen-bond acceptors (Lipinski definition) is 5. The molecule has 0 bridgehead atoms. The largest absolute Gasteiger partial charge is 0.465 e. The zero-order valence-electron chi connectivity index (χ0n) is 11.0. The van der Waals surface area contributed by atoms with Gasteiger partial charge in [0.05, 0.1) is 24.1 Å². The lowest BCUT2D eigenvalue weighted by Gasteiger charge is -2.09. The van der Waals surface area contributed by atoms with Gasteiger partial charge >= 0.3 is 5.97 Å². The Bertz CT molecular complexity index is 593. The lowest BCUT2D eigenvalue weighted by atomic mass is 10.1. The van der Waals surface area contributed by atoms with Crippen molar-refractivity contribution in [3.8, 4) is 0 Å². The molecular formula is C14H14N2O4. The first kappa shape index (κ1) is 13.8. The van der Waals surface area contributed by atoms with Gasteiger partial charge in [0.2, 0.25) is 5.91 Å². The molecule has 0 saturated heterocycles. The molecule has 1 aromatic heterocycles. The van der Waals surface area contributed by atoms with Gasteiger partial charge in [-0.05, 0) is 12.1 Å². The maximum absolute atomic E-state index is 11.8. The number of carbonyl (C=O) groups is 2. The highest BCUT2D eigenvalue weighted by molar-refractivity contribution is 6.01. The van der Waals surface area contributed by atoms with Crippen LogP contribution in [0.15, 0.2) is 41.3 Å². The first-order valence-electron chi connectivity index (χ1n) is 6.05. The molecule has 1 heterocycles. The lowest BCUT2D eigenvalue weighted by Crippen LogP contribution is -2.15. The number of anilines is 1. The van der Waals surface area contributed by atoms with Crippen LogP contribution < -0.4 is 5.32 Å². The Kier molecular flexibility index (Phi) is 4.49. The van der Waals surface area contributed by atoms with E-state index in [1.807, 2.05) is 0 Å². The number of aromatic nitrogens is 1. The zero-order chi connectivity index (χ0) is 14.4. The molecule has 0 spiro atoms. The average molecular weight is 274 g/mol. The number of ether oxygens (including phenoxy) is 1. The summed E-state index contributed by atoms with van der Waals surface area (Å²) >= 11 is 0. The number of nitrogens with zero attached hydrogens (tertiary/aromatic N) is 1. The fourth-order valence-corrected chi connectivity index (χ4v) is 1.70. The Hall–Kier alpha value is -2.63. The molecule has 104 valence electrons. The maximum Gasteiger partial charge on any atom is 0.339 e. The summed E-state index contributed by atoms with van der Waals surface area (Å²) in [5.74, 6) is -0.693. The van der Waals surface area contributed by atoms with Crippen molar-refractivity contribution in [2.75, 3.05) is 12.4 Å². The van der Waals surface area contributed by atoms with E-state index < -0.39 is 5.97 Å². The summed E-state index contributed by atoms with van der Waals surface area (Å²) in [6.07, 6.45) is 3.54. The first-order valence-corrected chi connectivity index (χ1v) is 6.05. The molecule has 0 aliphatic rings. The number of oxazole rings is 1. The molecule has 0 unspecified atom stereocenters. The third kappa shape index (κ3) is 3.44. The van der Waals surface area contributed by atoms with E-state index in [1.54, 1.807) is 24.3 Å². The van der Waals surface area contributed by atoms with Gasteiger partial charge in [0, 0.05) is 12.8 Å². The summed E-state index contributed by atoms with van der Waals surface area (Å²) in [5, 5.41) is 2.69. The van der Waals surface area contributed by atoms with Gasteiger partial charge in [0.25, 0.3) is 0 Å². The van der Waals surface area contributed by atoms with Crippen molar-refractivity contribution in [3.63, 3.8) is 0 Å². The van der Waals surface area contributed by atoms with Gasteiger partial charge in [-0.3, -0.25) is 4.79 Å². The minimum Gasteiger partial charge on any atom is -0.465 e. The number of aryl methyl sites for hydroxylation is 1. The minimum atomic E-state index is -0.489. The van der Waals surface area contributed by atoms with Crippen molar-refractivity contribution >= 4 is 17.6 Å². The Morgan fingerprint density at radius 3 is 2.85 bits per heavy atom. The number of hydrogen-bond donors (Lipinski definition) is 1. The van der Waals surface area contributed by atoms with Gasteiger partial charge in [0.1, 0.15) is 6.26 Å². The molecule has 2 rings (SSSR count). The molecule has 0 saturated carbocycles. The molecular weight excluding hydrogens is 260 g/mol. The van der Waals surface area contributed by atoms with Crippen LogP contribution in [0.2, 0.25) is 0 Å². The molecule has 0 aliphatic heterocycles. The fraction of sp³-hybridized carbons (Fsp3) is 0.214. The molecule has 6 heteroatoms. The summed E-state index contributed by atoms with van der Waals surface area (Å²) in [7, 11) is 1.30. The standard InChI is InChI=1S/C14H14N2O4/c1-19-14(18)11-4-2-3-5-12(11)16-13(17)7-6-10-8-20-9-15-10/h2-5,8-9H,6-7H2,1H3,(H,16,17). The summed E-state index contributed by atoms with van der Waals surface area (Å²) in [6.45, 7) is 0. The van der Waals surface area contributed by atoms with Crippen molar-refractivity contribution in [1.29, 1.82) is 0 Å². The smallest absolute Gasteiger partial charge is 0.339 e. The molecule has 0 aliphatic carbocycles. The number of carbonyl (C=O) groups excluding carboxylic acids is 2. The molecule has 2 aromatic rings. The molecule has 6 nitrogen and oxygen atoms in total. The van der Waals surface area contributed by atoms with Crippen LogP contribution in [0.4, 0.5) is 5.69 Å². The molecule has 0 atom stereocenters. The highest BCUT2D eigenvalue weighted by Gasteiger charge is 2.13. The molecule has 0 fully saturated rings. The molecule has 0 radical (unpaired) electrons. The number of amides is 1. The Balaban J connectivity index is 1.99. The van der Waals surface area contributed by atoms with E-state index in [0.717, 1.165) is 0 Å². The van der Waals surface area contributed by atoms with E-state index in [2.05, 4.69) is 15.0 Å². The predicted octanol–water partition coefficient (Wildman–Crippen LogP) is 2.03. The summed E-state index contributed by atoms with van der Waals surface area (Å²) in [4.78, 5) is 27.3.